The quantitative estimate of drug-likeness (QED) is 0.744. The number of rotatable bonds is 5. The molecule has 1 aromatic carbocycles. The van der Waals surface area contributed by atoms with E-state index in [0.717, 1.165) is 11.4 Å². The Morgan fingerprint density at radius 3 is 2.69 bits per heavy atom. The molecule has 16 heavy (non-hydrogen) atoms. The van der Waals surface area contributed by atoms with E-state index >= 15 is 0 Å². The first-order valence-electron chi connectivity index (χ1n) is 5.45. The van der Waals surface area contributed by atoms with Gasteiger partial charge in [-0.05, 0) is 19.9 Å². The van der Waals surface area contributed by atoms with E-state index in [2.05, 4.69) is 0 Å². The Balaban J connectivity index is 2.94. The number of benzene rings is 1. The third-order valence-electron chi connectivity index (χ3n) is 2.56. The summed E-state index contributed by atoms with van der Waals surface area (Å²) >= 11 is 0. The van der Waals surface area contributed by atoms with Crippen molar-refractivity contribution >= 4 is 11.4 Å². The molecule has 90 valence electrons. The smallest absolute Gasteiger partial charge is 0.123 e. The predicted octanol–water partition coefficient (Wildman–Crippen LogP) is 1.48. The number of aliphatic hydroxyl groups excluding tert-OH is 1. The van der Waals surface area contributed by atoms with Crippen molar-refractivity contribution in [1.29, 1.82) is 0 Å². The number of nitrogens with two attached hydrogens (primary N) is 1. The molecule has 1 aromatic rings. The molecule has 0 aromatic heterocycles. The van der Waals surface area contributed by atoms with Gasteiger partial charge in [0.15, 0.2) is 0 Å². The molecule has 4 heteroatoms. The van der Waals surface area contributed by atoms with Gasteiger partial charge < -0.3 is 20.5 Å². The Morgan fingerprint density at radius 1 is 1.44 bits per heavy atom. The Kier molecular flexibility index (Phi) is 4.43. The second-order valence-electron chi connectivity index (χ2n) is 3.84. The van der Waals surface area contributed by atoms with Crippen molar-refractivity contribution in [3.8, 4) is 5.75 Å². The molecule has 0 bridgehead atoms. The lowest BCUT2D eigenvalue weighted by atomic mass is 10.2. The van der Waals surface area contributed by atoms with E-state index in [1.165, 1.54) is 0 Å². The van der Waals surface area contributed by atoms with Crippen molar-refractivity contribution in [3.05, 3.63) is 18.2 Å². The molecule has 1 unspecified atom stereocenters. The highest BCUT2D eigenvalue weighted by Crippen LogP contribution is 2.25. The maximum atomic E-state index is 9.10. The van der Waals surface area contributed by atoms with Gasteiger partial charge in [-0.15, -0.1) is 0 Å². The van der Waals surface area contributed by atoms with E-state index in [9.17, 15) is 0 Å². The Labute approximate surface area is 96.6 Å². The lowest BCUT2D eigenvalue weighted by molar-refractivity contribution is 0.270. The van der Waals surface area contributed by atoms with Crippen LogP contribution in [0.1, 0.15) is 13.8 Å². The van der Waals surface area contributed by atoms with Crippen LogP contribution in [-0.4, -0.2) is 31.4 Å². The van der Waals surface area contributed by atoms with Crippen LogP contribution in [0.5, 0.6) is 5.75 Å². The third-order valence-corrected chi connectivity index (χ3v) is 2.56. The Hall–Kier alpha value is -1.42. The zero-order chi connectivity index (χ0) is 12.1. The molecular formula is C12H20N2O2. The average molecular weight is 224 g/mol. The summed E-state index contributed by atoms with van der Waals surface area (Å²) in [5.41, 5.74) is 7.41. The predicted molar refractivity (Wildman–Crippen MR) is 67.0 cm³/mol. The molecule has 0 fully saturated rings. The average Bonchev–Trinajstić information content (AvgIpc) is 2.26. The van der Waals surface area contributed by atoms with Crippen LogP contribution in [0.25, 0.3) is 0 Å². The normalized spacial score (nSPS) is 12.2. The summed E-state index contributed by atoms with van der Waals surface area (Å²) in [4.78, 5) is 1.97. The minimum absolute atomic E-state index is 0.0521. The Bertz CT molecular complexity index is 342. The molecule has 1 rings (SSSR count). The molecule has 0 radical (unpaired) electrons. The number of anilines is 2. The second-order valence-corrected chi connectivity index (χ2v) is 3.84. The molecule has 0 heterocycles. The number of aliphatic hydroxyl groups is 1. The summed E-state index contributed by atoms with van der Waals surface area (Å²) in [5.74, 6) is 0.759. The molecule has 0 aliphatic rings. The van der Waals surface area contributed by atoms with Crippen molar-refractivity contribution in [2.75, 3.05) is 30.9 Å². The number of nitrogen functional groups attached to an aromatic ring is 1. The lowest BCUT2D eigenvalue weighted by Crippen LogP contribution is -2.31. The number of hydrogen-bond acceptors (Lipinski definition) is 4. The van der Waals surface area contributed by atoms with E-state index in [4.69, 9.17) is 15.6 Å². The van der Waals surface area contributed by atoms with Crippen molar-refractivity contribution in [2.45, 2.75) is 19.9 Å². The van der Waals surface area contributed by atoms with Gasteiger partial charge in [0, 0.05) is 36.6 Å². The standard InChI is InChI=1S/C12H20N2O2/c1-4-16-12-6-10(13)5-11(7-12)14(3)9(2)8-15/h5-7,9,15H,4,8,13H2,1-3H3. The van der Waals surface area contributed by atoms with Gasteiger partial charge in [-0.1, -0.05) is 0 Å². The SMILES string of the molecule is CCOc1cc(N)cc(N(C)C(C)CO)c1. The van der Waals surface area contributed by atoms with Gasteiger partial charge in [0.25, 0.3) is 0 Å². The number of hydrogen-bond donors (Lipinski definition) is 2. The maximum Gasteiger partial charge on any atom is 0.123 e. The summed E-state index contributed by atoms with van der Waals surface area (Å²) in [6, 6.07) is 5.64. The van der Waals surface area contributed by atoms with Crippen LogP contribution < -0.4 is 15.4 Å². The highest BCUT2D eigenvalue weighted by molar-refractivity contribution is 5.60. The molecule has 0 aliphatic heterocycles. The lowest BCUT2D eigenvalue weighted by Gasteiger charge is -2.26. The number of likely N-dealkylation sites (N-methyl/N-ethyl adjacent to an activating group) is 1. The monoisotopic (exact) mass is 224 g/mol. The first-order valence-corrected chi connectivity index (χ1v) is 5.45. The van der Waals surface area contributed by atoms with E-state index in [-0.39, 0.29) is 12.6 Å². The second kappa shape index (κ2) is 5.61. The van der Waals surface area contributed by atoms with E-state index in [1.54, 1.807) is 6.07 Å². The zero-order valence-corrected chi connectivity index (χ0v) is 10.1. The highest BCUT2D eigenvalue weighted by atomic mass is 16.5. The van der Waals surface area contributed by atoms with Gasteiger partial charge in [-0.2, -0.15) is 0 Å². The highest BCUT2D eigenvalue weighted by Gasteiger charge is 2.10. The van der Waals surface area contributed by atoms with Crippen molar-refractivity contribution in [3.63, 3.8) is 0 Å². The summed E-state index contributed by atoms with van der Waals surface area (Å²) in [7, 11) is 1.92. The number of ether oxygens (including phenoxy) is 1. The van der Waals surface area contributed by atoms with Crippen LogP contribution in [0.15, 0.2) is 18.2 Å². The minimum Gasteiger partial charge on any atom is -0.494 e. The van der Waals surface area contributed by atoms with Crippen LogP contribution in [0.3, 0.4) is 0 Å². The molecule has 0 aliphatic carbocycles. The summed E-state index contributed by atoms with van der Waals surface area (Å²) in [5, 5.41) is 9.10. The minimum atomic E-state index is 0.0521. The van der Waals surface area contributed by atoms with Gasteiger partial charge >= 0.3 is 0 Å². The van der Waals surface area contributed by atoms with Crippen molar-refractivity contribution < 1.29 is 9.84 Å². The van der Waals surface area contributed by atoms with Crippen LogP contribution in [0, 0.1) is 0 Å². The largest absolute Gasteiger partial charge is 0.494 e. The maximum absolute atomic E-state index is 9.10. The van der Waals surface area contributed by atoms with Crippen molar-refractivity contribution in [1.82, 2.24) is 0 Å². The van der Waals surface area contributed by atoms with Gasteiger partial charge in [0.2, 0.25) is 0 Å². The molecule has 0 saturated carbocycles. The van der Waals surface area contributed by atoms with Gasteiger partial charge in [-0.3, -0.25) is 0 Å². The van der Waals surface area contributed by atoms with Crippen LogP contribution in [0.2, 0.25) is 0 Å². The molecule has 3 N–H and O–H groups in total. The first-order chi connectivity index (χ1) is 7.58. The van der Waals surface area contributed by atoms with E-state index < -0.39 is 0 Å². The fraction of sp³-hybridized carbons (Fsp3) is 0.500. The van der Waals surface area contributed by atoms with Gasteiger partial charge in [-0.25, -0.2) is 0 Å². The van der Waals surface area contributed by atoms with Crippen LogP contribution in [0.4, 0.5) is 11.4 Å². The first kappa shape index (κ1) is 12.6. The molecular weight excluding hydrogens is 204 g/mol. The fourth-order valence-corrected chi connectivity index (χ4v) is 1.44. The molecule has 0 saturated heterocycles. The van der Waals surface area contributed by atoms with Gasteiger partial charge in [0.1, 0.15) is 5.75 Å². The van der Waals surface area contributed by atoms with E-state index in [0.29, 0.717) is 12.3 Å². The number of nitrogens with zero attached hydrogens (tertiary/aromatic N) is 1. The van der Waals surface area contributed by atoms with Crippen LogP contribution in [-0.2, 0) is 0 Å². The zero-order valence-electron chi connectivity index (χ0n) is 10.1. The molecule has 1 atom stereocenters. The van der Waals surface area contributed by atoms with Gasteiger partial charge in [0.05, 0.1) is 13.2 Å². The third kappa shape index (κ3) is 3.03. The van der Waals surface area contributed by atoms with E-state index in [1.807, 2.05) is 37.9 Å². The molecule has 4 nitrogen and oxygen atoms in total. The fourth-order valence-electron chi connectivity index (χ4n) is 1.44. The summed E-state index contributed by atoms with van der Waals surface area (Å²) in [6.07, 6.45) is 0. The Morgan fingerprint density at radius 2 is 2.12 bits per heavy atom. The summed E-state index contributed by atoms with van der Waals surface area (Å²) < 4.78 is 5.42. The van der Waals surface area contributed by atoms with Crippen molar-refractivity contribution in [2.24, 2.45) is 0 Å². The topological polar surface area (TPSA) is 58.7 Å². The van der Waals surface area contributed by atoms with Crippen LogP contribution >= 0.6 is 0 Å². The summed E-state index contributed by atoms with van der Waals surface area (Å²) in [6.45, 7) is 4.60. The molecule has 0 amide bonds. The molecule has 0 spiro atoms.